The van der Waals surface area contributed by atoms with Crippen LogP contribution in [0.25, 0.3) is 22.3 Å². The summed E-state index contributed by atoms with van der Waals surface area (Å²) in [7, 11) is 0. The predicted octanol–water partition coefficient (Wildman–Crippen LogP) is 4.87. The summed E-state index contributed by atoms with van der Waals surface area (Å²) in [5.74, 6) is 0.924. The van der Waals surface area contributed by atoms with E-state index in [9.17, 15) is 0 Å². The van der Waals surface area contributed by atoms with Crippen LogP contribution in [0.5, 0.6) is 0 Å². The summed E-state index contributed by atoms with van der Waals surface area (Å²) < 4.78 is 2.99. The van der Waals surface area contributed by atoms with Crippen LogP contribution < -0.4 is 0 Å². The summed E-state index contributed by atoms with van der Waals surface area (Å²) in [6.07, 6.45) is 0. The van der Waals surface area contributed by atoms with Gasteiger partial charge in [-0.1, -0.05) is 42.5 Å². The van der Waals surface area contributed by atoms with Gasteiger partial charge in [-0.2, -0.15) is 0 Å². The summed E-state index contributed by atoms with van der Waals surface area (Å²) >= 11 is 7.08. The van der Waals surface area contributed by atoms with Crippen LogP contribution in [0.1, 0.15) is 5.82 Å². The molecule has 0 aliphatic heterocycles. The first kappa shape index (κ1) is 13.4. The van der Waals surface area contributed by atoms with Crippen molar-refractivity contribution in [2.45, 2.75) is 6.54 Å². The highest BCUT2D eigenvalue weighted by atomic mass is 32.1. The number of hydrogen-bond donors (Lipinski definition) is 1. The molecule has 0 aliphatic carbocycles. The van der Waals surface area contributed by atoms with Gasteiger partial charge in [-0.15, -0.1) is 11.3 Å². The van der Waals surface area contributed by atoms with Crippen molar-refractivity contribution in [2.24, 2.45) is 0 Å². The number of imidazole rings is 1. The number of aromatic amines is 1. The minimum absolute atomic E-state index is 0.654. The lowest BCUT2D eigenvalue weighted by molar-refractivity contribution is 0.767. The van der Waals surface area contributed by atoms with E-state index in [-0.39, 0.29) is 0 Å². The Morgan fingerprint density at radius 3 is 2.64 bits per heavy atom. The molecule has 0 radical (unpaired) electrons. The molecule has 0 fully saturated rings. The molecule has 0 aliphatic rings. The number of para-hydroxylation sites is 2. The molecule has 2 heterocycles. The lowest BCUT2D eigenvalue weighted by Gasteiger charge is -2.07. The average Bonchev–Trinajstić information content (AvgIpc) is 3.12. The van der Waals surface area contributed by atoms with Crippen LogP contribution in [0.2, 0.25) is 0 Å². The first-order valence-electron chi connectivity index (χ1n) is 6.98. The van der Waals surface area contributed by atoms with Gasteiger partial charge in [0.2, 0.25) is 0 Å². The van der Waals surface area contributed by atoms with Gasteiger partial charge in [-0.25, -0.2) is 4.98 Å². The Hall–Kier alpha value is -2.24. The van der Waals surface area contributed by atoms with Gasteiger partial charge < -0.3 is 9.55 Å². The SMILES string of the molecule is S=c1scc(-c2ccccc2)n1Cc1nc2ccccc2[nH]1. The lowest BCUT2D eigenvalue weighted by atomic mass is 10.2. The number of nitrogens with zero attached hydrogens (tertiary/aromatic N) is 2. The largest absolute Gasteiger partial charge is 0.340 e. The number of nitrogens with one attached hydrogen (secondary N) is 1. The summed E-state index contributed by atoms with van der Waals surface area (Å²) in [4.78, 5) is 8.01. The molecule has 4 rings (SSSR count). The fourth-order valence-corrected chi connectivity index (χ4v) is 3.62. The Balaban J connectivity index is 1.77. The van der Waals surface area contributed by atoms with Gasteiger partial charge in [0.1, 0.15) is 5.82 Å². The van der Waals surface area contributed by atoms with Gasteiger partial charge in [0.25, 0.3) is 0 Å². The zero-order valence-electron chi connectivity index (χ0n) is 11.7. The first-order chi connectivity index (χ1) is 10.8. The fraction of sp³-hybridized carbons (Fsp3) is 0.0588. The molecule has 3 nitrogen and oxygen atoms in total. The molecule has 0 spiro atoms. The molecule has 0 saturated carbocycles. The van der Waals surface area contributed by atoms with E-state index in [4.69, 9.17) is 12.2 Å². The minimum Gasteiger partial charge on any atom is -0.340 e. The smallest absolute Gasteiger partial charge is 0.161 e. The van der Waals surface area contributed by atoms with Crippen molar-refractivity contribution in [2.75, 3.05) is 0 Å². The number of benzene rings is 2. The standard InChI is InChI=1S/C17H13N3S2/c21-17-20(15(11-22-17)12-6-2-1-3-7-12)10-16-18-13-8-4-5-9-14(13)19-16/h1-9,11H,10H2,(H,18,19). The molecular weight excluding hydrogens is 310 g/mol. The maximum Gasteiger partial charge on any atom is 0.161 e. The number of thiazole rings is 1. The van der Waals surface area contributed by atoms with E-state index < -0.39 is 0 Å². The number of hydrogen-bond acceptors (Lipinski definition) is 3. The van der Waals surface area contributed by atoms with E-state index in [1.807, 2.05) is 42.5 Å². The van der Waals surface area contributed by atoms with Crippen LogP contribution in [0, 0.1) is 3.95 Å². The average molecular weight is 323 g/mol. The Morgan fingerprint density at radius 2 is 1.82 bits per heavy atom. The molecule has 1 N–H and O–H groups in total. The molecule has 22 heavy (non-hydrogen) atoms. The second-order valence-corrected chi connectivity index (χ2v) is 6.54. The van der Waals surface area contributed by atoms with E-state index in [1.54, 1.807) is 11.3 Å². The van der Waals surface area contributed by atoms with E-state index in [0.717, 1.165) is 26.5 Å². The van der Waals surface area contributed by atoms with Crippen molar-refractivity contribution in [3.8, 4) is 11.3 Å². The van der Waals surface area contributed by atoms with Crippen LogP contribution in [-0.2, 0) is 6.54 Å². The quantitative estimate of drug-likeness (QED) is 0.546. The second kappa shape index (κ2) is 5.51. The third kappa shape index (κ3) is 2.38. The summed E-state index contributed by atoms with van der Waals surface area (Å²) in [5.41, 5.74) is 4.35. The van der Waals surface area contributed by atoms with Crippen LogP contribution in [-0.4, -0.2) is 14.5 Å². The number of rotatable bonds is 3. The van der Waals surface area contributed by atoms with Crippen molar-refractivity contribution in [3.05, 3.63) is 69.8 Å². The molecule has 108 valence electrons. The number of aromatic nitrogens is 3. The van der Waals surface area contributed by atoms with Crippen molar-refractivity contribution >= 4 is 34.6 Å². The highest BCUT2D eigenvalue weighted by molar-refractivity contribution is 7.73. The third-order valence-electron chi connectivity index (χ3n) is 3.60. The Labute approximate surface area is 136 Å². The predicted molar refractivity (Wildman–Crippen MR) is 93.8 cm³/mol. The molecule has 5 heteroatoms. The van der Waals surface area contributed by atoms with E-state index in [2.05, 4.69) is 32.0 Å². The first-order valence-corrected chi connectivity index (χ1v) is 8.27. The van der Waals surface area contributed by atoms with Crippen LogP contribution in [0.4, 0.5) is 0 Å². The van der Waals surface area contributed by atoms with Gasteiger partial charge in [0, 0.05) is 5.38 Å². The summed E-state index contributed by atoms with van der Waals surface area (Å²) in [5, 5.41) is 2.11. The molecule has 0 saturated heterocycles. The molecule has 2 aromatic heterocycles. The normalized spacial score (nSPS) is 11.1. The monoisotopic (exact) mass is 323 g/mol. The van der Waals surface area contributed by atoms with Crippen molar-refractivity contribution in [3.63, 3.8) is 0 Å². The van der Waals surface area contributed by atoms with Gasteiger partial charge in [-0.05, 0) is 29.9 Å². The van der Waals surface area contributed by atoms with Crippen LogP contribution >= 0.6 is 23.6 Å². The van der Waals surface area contributed by atoms with Gasteiger partial charge in [0.05, 0.1) is 23.3 Å². The van der Waals surface area contributed by atoms with Crippen LogP contribution in [0.15, 0.2) is 60.0 Å². The van der Waals surface area contributed by atoms with Gasteiger partial charge in [0.15, 0.2) is 3.95 Å². The molecule has 0 amide bonds. The highest BCUT2D eigenvalue weighted by Crippen LogP contribution is 2.24. The molecule has 2 aromatic carbocycles. The van der Waals surface area contributed by atoms with E-state index in [0.29, 0.717) is 6.54 Å². The number of fused-ring (bicyclic) bond motifs is 1. The Bertz CT molecular complexity index is 947. The van der Waals surface area contributed by atoms with E-state index >= 15 is 0 Å². The topological polar surface area (TPSA) is 33.6 Å². The number of H-pyrrole nitrogens is 1. The van der Waals surface area contributed by atoms with Gasteiger partial charge >= 0.3 is 0 Å². The maximum absolute atomic E-state index is 5.49. The zero-order valence-corrected chi connectivity index (χ0v) is 13.3. The second-order valence-electron chi connectivity index (χ2n) is 5.04. The minimum atomic E-state index is 0.654. The van der Waals surface area contributed by atoms with E-state index in [1.165, 1.54) is 5.56 Å². The van der Waals surface area contributed by atoms with Gasteiger partial charge in [-0.3, -0.25) is 0 Å². The highest BCUT2D eigenvalue weighted by Gasteiger charge is 2.09. The third-order valence-corrected chi connectivity index (χ3v) is 4.87. The summed E-state index contributed by atoms with van der Waals surface area (Å²) in [6, 6.07) is 18.4. The zero-order chi connectivity index (χ0) is 14.9. The molecule has 0 atom stereocenters. The Morgan fingerprint density at radius 1 is 1.05 bits per heavy atom. The Kier molecular flexibility index (Phi) is 3.36. The lowest BCUT2D eigenvalue weighted by Crippen LogP contribution is -2.03. The fourth-order valence-electron chi connectivity index (χ4n) is 2.54. The molecule has 0 unspecified atom stereocenters. The van der Waals surface area contributed by atoms with Crippen LogP contribution in [0.3, 0.4) is 0 Å². The van der Waals surface area contributed by atoms with Crippen molar-refractivity contribution in [1.82, 2.24) is 14.5 Å². The molecule has 4 aromatic rings. The van der Waals surface area contributed by atoms with Crippen molar-refractivity contribution in [1.29, 1.82) is 0 Å². The molecular formula is C17H13N3S2. The maximum atomic E-state index is 5.49. The van der Waals surface area contributed by atoms with Crippen molar-refractivity contribution < 1.29 is 0 Å². The summed E-state index contributed by atoms with van der Waals surface area (Å²) in [6.45, 7) is 0.654. The molecule has 0 bridgehead atoms.